The fourth-order valence-electron chi connectivity index (χ4n) is 5.33. The summed E-state index contributed by atoms with van der Waals surface area (Å²) in [6.45, 7) is 2.25. The molecule has 206 valence electrons. The van der Waals surface area contributed by atoms with Crippen LogP contribution in [0, 0.1) is 5.82 Å². The maximum Gasteiger partial charge on any atom is 0.275 e. The highest BCUT2D eigenvalue weighted by Gasteiger charge is 2.36. The molecule has 0 radical (unpaired) electrons. The second-order valence-electron chi connectivity index (χ2n) is 10.0. The van der Waals surface area contributed by atoms with E-state index in [1.807, 2.05) is 55.5 Å². The minimum atomic E-state index is -1.06. The SMILES string of the molecule is CCOc1ccccc1N(C(=O)c1ccc(-c2ccccc2)[nH]1)[C@@H](C(=O)NC1CCCCC1)c1ccc(F)cc1. The van der Waals surface area contributed by atoms with Gasteiger partial charge in [-0.15, -0.1) is 0 Å². The molecule has 1 fully saturated rings. The molecule has 2 N–H and O–H groups in total. The number of amides is 2. The number of H-pyrrole nitrogens is 1. The van der Waals surface area contributed by atoms with Gasteiger partial charge in [0, 0.05) is 11.7 Å². The van der Waals surface area contributed by atoms with Crippen molar-refractivity contribution in [3.05, 3.63) is 108 Å². The Morgan fingerprint density at radius 3 is 2.35 bits per heavy atom. The van der Waals surface area contributed by atoms with Crippen molar-refractivity contribution in [3.63, 3.8) is 0 Å². The number of hydrogen-bond donors (Lipinski definition) is 2. The molecule has 1 aromatic heterocycles. The minimum Gasteiger partial charge on any atom is -0.492 e. The van der Waals surface area contributed by atoms with E-state index < -0.39 is 17.8 Å². The van der Waals surface area contributed by atoms with Crippen LogP contribution >= 0.6 is 0 Å². The predicted molar refractivity (Wildman–Crippen MR) is 155 cm³/mol. The summed E-state index contributed by atoms with van der Waals surface area (Å²) in [5, 5.41) is 3.19. The highest BCUT2D eigenvalue weighted by Crippen LogP contribution is 2.37. The van der Waals surface area contributed by atoms with Crippen molar-refractivity contribution in [3.8, 4) is 17.0 Å². The van der Waals surface area contributed by atoms with Gasteiger partial charge in [0.2, 0.25) is 5.91 Å². The summed E-state index contributed by atoms with van der Waals surface area (Å²) in [4.78, 5) is 33.2. The lowest BCUT2D eigenvalue weighted by atomic mass is 9.94. The number of hydrogen-bond acceptors (Lipinski definition) is 3. The molecule has 4 aromatic rings. The molecule has 1 saturated carbocycles. The van der Waals surface area contributed by atoms with Gasteiger partial charge >= 0.3 is 0 Å². The molecule has 0 saturated heterocycles. The Bertz CT molecular complexity index is 1430. The van der Waals surface area contributed by atoms with Gasteiger partial charge in [-0.1, -0.05) is 73.9 Å². The van der Waals surface area contributed by atoms with Crippen LogP contribution in [0.2, 0.25) is 0 Å². The van der Waals surface area contributed by atoms with Gasteiger partial charge in [0.25, 0.3) is 5.91 Å². The summed E-state index contributed by atoms with van der Waals surface area (Å²) < 4.78 is 19.9. The van der Waals surface area contributed by atoms with E-state index in [9.17, 15) is 14.0 Å². The third-order valence-corrected chi connectivity index (χ3v) is 7.29. The number of ether oxygens (including phenoxy) is 1. The average Bonchev–Trinajstić information content (AvgIpc) is 3.48. The molecule has 7 heteroatoms. The van der Waals surface area contributed by atoms with E-state index in [2.05, 4.69) is 10.3 Å². The maximum absolute atomic E-state index is 14.4. The largest absolute Gasteiger partial charge is 0.492 e. The lowest BCUT2D eigenvalue weighted by Gasteiger charge is -2.34. The number of benzene rings is 3. The zero-order valence-electron chi connectivity index (χ0n) is 22.6. The van der Waals surface area contributed by atoms with E-state index in [0.29, 0.717) is 29.3 Å². The Kier molecular flexibility index (Phi) is 8.59. The number of rotatable bonds is 9. The molecular formula is C33H34FN3O3. The van der Waals surface area contributed by atoms with Gasteiger partial charge in [-0.2, -0.15) is 0 Å². The monoisotopic (exact) mass is 539 g/mol. The highest BCUT2D eigenvalue weighted by atomic mass is 19.1. The molecule has 2 amide bonds. The van der Waals surface area contributed by atoms with Crippen molar-refractivity contribution in [1.29, 1.82) is 0 Å². The predicted octanol–water partition coefficient (Wildman–Crippen LogP) is 7.06. The van der Waals surface area contributed by atoms with E-state index in [4.69, 9.17) is 4.74 Å². The van der Waals surface area contributed by atoms with Crippen molar-refractivity contribution in [2.75, 3.05) is 11.5 Å². The number of carbonyl (C=O) groups excluding carboxylic acids is 2. The van der Waals surface area contributed by atoms with Crippen LogP contribution < -0.4 is 15.0 Å². The third-order valence-electron chi connectivity index (χ3n) is 7.29. The molecule has 5 rings (SSSR count). The molecule has 1 aliphatic carbocycles. The van der Waals surface area contributed by atoms with E-state index in [1.54, 1.807) is 30.3 Å². The van der Waals surface area contributed by atoms with Crippen LogP contribution in [0.3, 0.4) is 0 Å². The van der Waals surface area contributed by atoms with E-state index in [0.717, 1.165) is 43.4 Å². The van der Waals surface area contributed by atoms with Gasteiger partial charge in [-0.3, -0.25) is 14.5 Å². The van der Waals surface area contributed by atoms with Crippen LogP contribution in [0.5, 0.6) is 5.75 Å². The summed E-state index contributed by atoms with van der Waals surface area (Å²) in [5.41, 5.74) is 3.00. The Labute approximate surface area is 234 Å². The summed E-state index contributed by atoms with van der Waals surface area (Å²) in [6, 6.07) is 25.2. The van der Waals surface area contributed by atoms with Gasteiger partial charge in [-0.25, -0.2) is 4.39 Å². The normalized spacial score (nSPS) is 14.3. The Hall–Kier alpha value is -4.39. The molecule has 1 heterocycles. The first-order valence-corrected chi connectivity index (χ1v) is 13.9. The van der Waals surface area contributed by atoms with Gasteiger partial charge < -0.3 is 15.0 Å². The Morgan fingerprint density at radius 2 is 1.62 bits per heavy atom. The van der Waals surface area contributed by atoms with Crippen LogP contribution in [0.1, 0.15) is 61.1 Å². The topological polar surface area (TPSA) is 74.4 Å². The number of aromatic amines is 1. The zero-order chi connectivity index (χ0) is 27.9. The first-order valence-electron chi connectivity index (χ1n) is 13.9. The van der Waals surface area contributed by atoms with Crippen molar-refractivity contribution in [2.24, 2.45) is 0 Å². The van der Waals surface area contributed by atoms with Gasteiger partial charge in [0.15, 0.2) is 0 Å². The molecule has 6 nitrogen and oxygen atoms in total. The second kappa shape index (κ2) is 12.6. The number of halogens is 1. The Balaban J connectivity index is 1.61. The smallest absolute Gasteiger partial charge is 0.275 e. The van der Waals surface area contributed by atoms with Crippen LogP contribution in [0.25, 0.3) is 11.3 Å². The molecule has 0 spiro atoms. The first-order chi connectivity index (χ1) is 19.5. The maximum atomic E-state index is 14.4. The molecule has 0 unspecified atom stereocenters. The van der Waals surface area contributed by atoms with Gasteiger partial charge in [0.05, 0.1) is 12.3 Å². The van der Waals surface area contributed by atoms with Crippen molar-refractivity contribution in [2.45, 2.75) is 51.1 Å². The van der Waals surface area contributed by atoms with Crippen molar-refractivity contribution < 1.29 is 18.7 Å². The second-order valence-corrected chi connectivity index (χ2v) is 10.0. The number of aromatic nitrogens is 1. The van der Waals surface area contributed by atoms with Gasteiger partial charge in [-0.05, 0) is 67.3 Å². The molecule has 40 heavy (non-hydrogen) atoms. The quantitative estimate of drug-likeness (QED) is 0.239. The Morgan fingerprint density at radius 1 is 0.925 bits per heavy atom. The molecule has 3 aromatic carbocycles. The summed E-state index contributed by atoms with van der Waals surface area (Å²) in [7, 11) is 0. The number of para-hydroxylation sites is 2. The number of nitrogens with one attached hydrogen (secondary N) is 2. The lowest BCUT2D eigenvalue weighted by Crippen LogP contribution is -2.47. The number of carbonyl (C=O) groups is 2. The van der Waals surface area contributed by atoms with E-state index >= 15 is 0 Å². The summed E-state index contributed by atoms with van der Waals surface area (Å²) in [6.07, 6.45) is 5.03. The van der Waals surface area contributed by atoms with Crippen LogP contribution in [-0.2, 0) is 4.79 Å². The highest BCUT2D eigenvalue weighted by molar-refractivity contribution is 6.10. The lowest BCUT2D eigenvalue weighted by molar-refractivity contribution is -0.123. The van der Waals surface area contributed by atoms with Crippen LogP contribution in [-0.4, -0.2) is 29.4 Å². The molecule has 0 bridgehead atoms. The number of nitrogens with zero attached hydrogens (tertiary/aromatic N) is 1. The number of anilines is 1. The van der Waals surface area contributed by atoms with Crippen molar-refractivity contribution >= 4 is 17.5 Å². The average molecular weight is 540 g/mol. The molecular weight excluding hydrogens is 505 g/mol. The fraction of sp³-hybridized carbons (Fsp3) is 0.273. The third kappa shape index (κ3) is 6.09. The van der Waals surface area contributed by atoms with E-state index in [1.165, 1.54) is 17.0 Å². The van der Waals surface area contributed by atoms with Crippen LogP contribution in [0.15, 0.2) is 91.0 Å². The fourth-order valence-corrected chi connectivity index (χ4v) is 5.33. The van der Waals surface area contributed by atoms with Crippen LogP contribution in [0.4, 0.5) is 10.1 Å². The first kappa shape index (κ1) is 27.2. The minimum absolute atomic E-state index is 0.0263. The zero-order valence-corrected chi connectivity index (χ0v) is 22.6. The molecule has 1 atom stereocenters. The van der Waals surface area contributed by atoms with E-state index in [-0.39, 0.29) is 11.9 Å². The van der Waals surface area contributed by atoms with Gasteiger partial charge in [0.1, 0.15) is 23.3 Å². The molecule has 0 aliphatic heterocycles. The molecule has 1 aliphatic rings. The van der Waals surface area contributed by atoms with Crippen molar-refractivity contribution in [1.82, 2.24) is 10.3 Å². The summed E-state index contributed by atoms with van der Waals surface area (Å²) in [5.74, 6) is -0.652. The standard InChI is InChI=1S/C33H34FN3O3/c1-2-40-30-16-10-9-15-29(30)37(33(39)28-22-21-27(36-28)23-11-5-3-6-12-23)31(24-17-19-25(34)20-18-24)32(38)35-26-13-7-4-8-14-26/h3,5-6,9-12,15-22,26,31,36H,2,4,7-8,13-14H2,1H3,(H,35,38)/t31-/m1/s1. The summed E-state index contributed by atoms with van der Waals surface area (Å²) >= 11 is 0.